The molecule has 2 aromatic rings. The molecule has 2 aromatic carbocycles. The van der Waals surface area contributed by atoms with Crippen molar-refractivity contribution >= 4 is 45.5 Å². The maximum Gasteiger partial charge on any atom is 0.329 e. The third-order valence-corrected chi connectivity index (χ3v) is 5.46. The quantitative estimate of drug-likeness (QED) is 0.382. The highest BCUT2D eigenvalue weighted by Crippen LogP contribution is 2.37. The molecule has 0 unspecified atom stereocenters. The Morgan fingerprint density at radius 3 is 2.55 bits per heavy atom. The largest absolute Gasteiger partial charge is 0.490 e. The van der Waals surface area contributed by atoms with Crippen LogP contribution in [-0.4, -0.2) is 42.5 Å². The summed E-state index contributed by atoms with van der Waals surface area (Å²) in [5.41, 5.74) is 2.33. The predicted molar refractivity (Wildman–Crippen MR) is 129 cm³/mol. The standard InChI is InChI=1S/C24H26BrN3O5/c1-4-16-9-7-8-10-18(16)26-21(29)14-28-23(30)19(27-24(28)31)12-15-11-17(25)22(33-6-3)20(13-15)32-5-2/h7-13H,4-6,14H2,1-3H3,(H,26,29)(H,27,31)/b19-12+. The van der Waals surface area contributed by atoms with Gasteiger partial charge in [0.05, 0.1) is 17.7 Å². The molecule has 1 fully saturated rings. The van der Waals surface area contributed by atoms with E-state index < -0.39 is 24.4 Å². The zero-order chi connectivity index (χ0) is 24.0. The number of hydrogen-bond donors (Lipinski definition) is 2. The molecule has 0 radical (unpaired) electrons. The Kier molecular flexibility index (Phi) is 8.11. The number of nitrogens with zero attached hydrogens (tertiary/aromatic N) is 1. The van der Waals surface area contributed by atoms with E-state index in [1.54, 1.807) is 18.2 Å². The van der Waals surface area contributed by atoms with Crippen molar-refractivity contribution in [3.8, 4) is 11.5 Å². The molecule has 0 bridgehead atoms. The second kappa shape index (κ2) is 11.0. The van der Waals surface area contributed by atoms with Gasteiger partial charge in [-0.2, -0.15) is 0 Å². The first kappa shape index (κ1) is 24.3. The van der Waals surface area contributed by atoms with E-state index >= 15 is 0 Å². The highest BCUT2D eigenvalue weighted by atomic mass is 79.9. The molecule has 1 saturated heterocycles. The van der Waals surface area contributed by atoms with E-state index in [1.165, 1.54) is 6.08 Å². The number of carbonyl (C=O) groups is 3. The van der Waals surface area contributed by atoms with E-state index in [4.69, 9.17) is 9.47 Å². The van der Waals surface area contributed by atoms with Crippen molar-refractivity contribution in [2.24, 2.45) is 0 Å². The molecule has 4 amide bonds. The topological polar surface area (TPSA) is 97.0 Å². The molecule has 1 aliphatic heterocycles. The van der Waals surface area contributed by atoms with Crippen molar-refractivity contribution < 1.29 is 23.9 Å². The SMILES string of the molecule is CCOc1cc(/C=C2/NC(=O)N(CC(=O)Nc3ccccc3CC)C2=O)cc(Br)c1OCC. The van der Waals surface area contributed by atoms with Crippen LogP contribution in [0.4, 0.5) is 10.5 Å². The Hall–Kier alpha value is -3.33. The Bertz CT molecular complexity index is 1100. The van der Waals surface area contributed by atoms with Crippen LogP contribution in [0.2, 0.25) is 0 Å². The Balaban J connectivity index is 1.77. The van der Waals surface area contributed by atoms with Crippen molar-refractivity contribution in [2.75, 3.05) is 25.1 Å². The number of halogens is 1. The van der Waals surface area contributed by atoms with Crippen molar-refractivity contribution in [2.45, 2.75) is 27.2 Å². The van der Waals surface area contributed by atoms with E-state index in [-0.39, 0.29) is 5.70 Å². The van der Waals surface area contributed by atoms with Gasteiger partial charge in [-0.25, -0.2) is 9.69 Å². The lowest BCUT2D eigenvalue weighted by atomic mass is 10.1. The highest BCUT2D eigenvalue weighted by Gasteiger charge is 2.35. The second-order valence-corrected chi connectivity index (χ2v) is 7.99. The smallest absolute Gasteiger partial charge is 0.329 e. The molecule has 0 aromatic heterocycles. The fourth-order valence-corrected chi connectivity index (χ4v) is 3.96. The number of aryl methyl sites for hydroxylation is 1. The molecule has 3 rings (SSSR count). The van der Waals surface area contributed by atoms with Gasteiger partial charge in [-0.1, -0.05) is 25.1 Å². The molecule has 1 heterocycles. The first-order valence-electron chi connectivity index (χ1n) is 10.7. The number of urea groups is 1. The summed E-state index contributed by atoms with van der Waals surface area (Å²) in [5.74, 6) is 0.0436. The number of amides is 4. The summed E-state index contributed by atoms with van der Waals surface area (Å²) in [7, 11) is 0. The first-order chi connectivity index (χ1) is 15.9. The molecule has 0 spiro atoms. The zero-order valence-electron chi connectivity index (χ0n) is 18.7. The monoisotopic (exact) mass is 515 g/mol. The van der Waals surface area contributed by atoms with Crippen LogP contribution in [0.25, 0.3) is 6.08 Å². The highest BCUT2D eigenvalue weighted by molar-refractivity contribution is 9.10. The van der Waals surface area contributed by atoms with Gasteiger partial charge in [0, 0.05) is 5.69 Å². The summed E-state index contributed by atoms with van der Waals surface area (Å²) in [6.07, 6.45) is 2.28. The van der Waals surface area contributed by atoms with Crippen molar-refractivity contribution in [1.82, 2.24) is 10.2 Å². The summed E-state index contributed by atoms with van der Waals surface area (Å²) in [6, 6.07) is 10.2. The lowest BCUT2D eigenvalue weighted by Crippen LogP contribution is -2.38. The lowest BCUT2D eigenvalue weighted by molar-refractivity contribution is -0.127. The van der Waals surface area contributed by atoms with Crippen LogP contribution < -0.4 is 20.1 Å². The van der Waals surface area contributed by atoms with Gasteiger partial charge in [-0.15, -0.1) is 0 Å². The van der Waals surface area contributed by atoms with Crippen LogP contribution in [-0.2, 0) is 16.0 Å². The van der Waals surface area contributed by atoms with Gasteiger partial charge in [0.25, 0.3) is 5.91 Å². The number of anilines is 1. The van der Waals surface area contributed by atoms with Gasteiger partial charge in [-0.3, -0.25) is 9.59 Å². The van der Waals surface area contributed by atoms with Crippen molar-refractivity contribution in [3.63, 3.8) is 0 Å². The normalized spacial score (nSPS) is 14.4. The summed E-state index contributed by atoms with van der Waals surface area (Å²) in [6.45, 7) is 6.22. The average molecular weight is 516 g/mol. The van der Waals surface area contributed by atoms with Crippen LogP contribution in [0.1, 0.15) is 31.9 Å². The lowest BCUT2D eigenvalue weighted by Gasteiger charge is -2.14. The third kappa shape index (κ3) is 5.73. The maximum atomic E-state index is 12.8. The Morgan fingerprint density at radius 1 is 1.12 bits per heavy atom. The third-order valence-electron chi connectivity index (χ3n) is 4.87. The number of ether oxygens (including phenoxy) is 2. The molecule has 9 heteroatoms. The number of rotatable bonds is 9. The number of carbonyl (C=O) groups excluding carboxylic acids is 3. The summed E-state index contributed by atoms with van der Waals surface area (Å²) in [4.78, 5) is 38.6. The van der Waals surface area contributed by atoms with Gasteiger partial charge >= 0.3 is 6.03 Å². The number of para-hydroxylation sites is 1. The molecule has 33 heavy (non-hydrogen) atoms. The number of benzene rings is 2. The van der Waals surface area contributed by atoms with E-state index in [0.29, 0.717) is 40.4 Å². The Morgan fingerprint density at radius 2 is 1.85 bits per heavy atom. The van der Waals surface area contributed by atoms with Gasteiger partial charge in [0.15, 0.2) is 11.5 Å². The number of nitrogens with one attached hydrogen (secondary N) is 2. The number of imide groups is 1. The molecule has 8 nitrogen and oxygen atoms in total. The van der Waals surface area contributed by atoms with Crippen LogP contribution in [0.5, 0.6) is 11.5 Å². The fourth-order valence-electron chi connectivity index (χ4n) is 3.38. The van der Waals surface area contributed by atoms with E-state index in [2.05, 4.69) is 26.6 Å². The van der Waals surface area contributed by atoms with Crippen LogP contribution in [0.15, 0.2) is 46.6 Å². The van der Waals surface area contributed by atoms with Gasteiger partial charge in [-0.05, 0) is 71.6 Å². The van der Waals surface area contributed by atoms with Crippen molar-refractivity contribution in [1.29, 1.82) is 0 Å². The van der Waals surface area contributed by atoms with E-state index in [1.807, 2.05) is 39.0 Å². The van der Waals surface area contributed by atoms with Crippen molar-refractivity contribution in [3.05, 3.63) is 57.7 Å². The summed E-state index contributed by atoms with van der Waals surface area (Å²) < 4.78 is 11.9. The van der Waals surface area contributed by atoms with Gasteiger partial charge in [0.2, 0.25) is 5.91 Å². The Labute approximate surface area is 201 Å². The molecular weight excluding hydrogens is 490 g/mol. The van der Waals surface area contributed by atoms with E-state index in [9.17, 15) is 14.4 Å². The average Bonchev–Trinajstić information content (AvgIpc) is 3.04. The van der Waals surface area contributed by atoms with Gasteiger partial charge < -0.3 is 20.1 Å². The fraction of sp³-hybridized carbons (Fsp3) is 0.292. The molecule has 0 saturated carbocycles. The zero-order valence-corrected chi connectivity index (χ0v) is 20.3. The second-order valence-electron chi connectivity index (χ2n) is 7.13. The molecule has 0 aliphatic carbocycles. The predicted octanol–water partition coefficient (Wildman–Crippen LogP) is 4.34. The molecule has 2 N–H and O–H groups in total. The minimum absolute atomic E-state index is 0.0697. The molecule has 174 valence electrons. The van der Waals surface area contributed by atoms with Crippen LogP contribution in [0.3, 0.4) is 0 Å². The van der Waals surface area contributed by atoms with E-state index in [0.717, 1.165) is 16.9 Å². The molecular formula is C24H26BrN3O5. The molecule has 0 atom stereocenters. The maximum absolute atomic E-state index is 12.8. The van der Waals surface area contributed by atoms with Crippen LogP contribution in [0, 0.1) is 0 Å². The van der Waals surface area contributed by atoms with Crippen LogP contribution >= 0.6 is 15.9 Å². The summed E-state index contributed by atoms with van der Waals surface area (Å²) >= 11 is 3.46. The minimum atomic E-state index is -0.653. The summed E-state index contributed by atoms with van der Waals surface area (Å²) in [5, 5.41) is 5.31. The molecule has 1 aliphatic rings. The van der Waals surface area contributed by atoms with Gasteiger partial charge in [0.1, 0.15) is 12.2 Å². The first-order valence-corrected chi connectivity index (χ1v) is 11.5. The minimum Gasteiger partial charge on any atom is -0.490 e. The number of hydrogen-bond acceptors (Lipinski definition) is 5.